The lowest BCUT2D eigenvalue weighted by Crippen LogP contribution is -2.35. The zero-order valence-corrected chi connectivity index (χ0v) is 10.6. The van der Waals surface area contributed by atoms with Crippen LogP contribution >= 0.6 is 0 Å². The van der Waals surface area contributed by atoms with E-state index in [4.69, 9.17) is 5.73 Å². The zero-order chi connectivity index (χ0) is 12.8. The molecule has 0 radical (unpaired) electrons. The molecule has 0 saturated carbocycles. The Morgan fingerprint density at radius 3 is 2.72 bits per heavy atom. The van der Waals surface area contributed by atoms with E-state index in [0.717, 1.165) is 18.4 Å². The average molecular weight is 244 g/mol. The first-order valence-corrected chi connectivity index (χ1v) is 6.53. The maximum Gasteiger partial charge on any atom is 0.241 e. The first kappa shape index (κ1) is 12.8. The molecule has 3 N–H and O–H groups in total. The molecule has 0 fully saturated rings. The molecular formula is C15H20N2O. The Kier molecular flexibility index (Phi) is 4.53. The second kappa shape index (κ2) is 6.36. The van der Waals surface area contributed by atoms with Crippen molar-refractivity contribution < 1.29 is 4.79 Å². The summed E-state index contributed by atoms with van der Waals surface area (Å²) in [5.41, 5.74) is 8.11. The van der Waals surface area contributed by atoms with Crippen LogP contribution in [0, 0.1) is 0 Å². The molecule has 18 heavy (non-hydrogen) atoms. The molecule has 0 aromatic heterocycles. The molecule has 1 atom stereocenters. The third-order valence-corrected chi connectivity index (χ3v) is 3.32. The first-order valence-electron chi connectivity index (χ1n) is 6.53. The number of carbonyl (C=O) groups is 1. The molecule has 2 rings (SSSR count). The van der Waals surface area contributed by atoms with E-state index in [2.05, 4.69) is 11.4 Å². The maximum atomic E-state index is 11.9. The molecule has 0 bridgehead atoms. The number of hydrogen-bond acceptors (Lipinski definition) is 2. The Labute approximate surface area is 108 Å². The highest BCUT2D eigenvalue weighted by molar-refractivity contribution is 5.83. The summed E-state index contributed by atoms with van der Waals surface area (Å²) in [7, 11) is 0. The number of rotatable bonds is 4. The van der Waals surface area contributed by atoms with Gasteiger partial charge in [-0.2, -0.15) is 0 Å². The normalized spacial score (nSPS) is 16.8. The molecular weight excluding hydrogens is 224 g/mol. The van der Waals surface area contributed by atoms with E-state index < -0.39 is 6.04 Å². The van der Waals surface area contributed by atoms with Crippen LogP contribution in [0.2, 0.25) is 0 Å². The van der Waals surface area contributed by atoms with E-state index in [1.54, 1.807) is 0 Å². The van der Waals surface area contributed by atoms with Gasteiger partial charge in [-0.05, 0) is 31.2 Å². The SMILES string of the molecule is N[C@@H](C(=O)NCC1=CCCCC1)c1ccccc1. The van der Waals surface area contributed by atoms with Crippen molar-refractivity contribution in [3.05, 3.63) is 47.5 Å². The van der Waals surface area contributed by atoms with E-state index in [1.165, 1.54) is 18.4 Å². The van der Waals surface area contributed by atoms with Gasteiger partial charge in [0.2, 0.25) is 5.91 Å². The highest BCUT2D eigenvalue weighted by Crippen LogP contribution is 2.16. The van der Waals surface area contributed by atoms with Crippen LogP contribution in [-0.4, -0.2) is 12.5 Å². The number of allylic oxidation sites excluding steroid dienone is 1. The highest BCUT2D eigenvalue weighted by Gasteiger charge is 2.15. The van der Waals surface area contributed by atoms with Gasteiger partial charge in [0.25, 0.3) is 0 Å². The van der Waals surface area contributed by atoms with Crippen LogP contribution in [0.1, 0.15) is 37.3 Å². The summed E-state index contributed by atoms with van der Waals surface area (Å²) >= 11 is 0. The van der Waals surface area contributed by atoms with Gasteiger partial charge in [0.15, 0.2) is 0 Å². The van der Waals surface area contributed by atoms with Crippen LogP contribution in [0.5, 0.6) is 0 Å². The molecule has 1 aromatic carbocycles. The van der Waals surface area contributed by atoms with Crippen molar-refractivity contribution in [3.63, 3.8) is 0 Å². The van der Waals surface area contributed by atoms with Gasteiger partial charge in [0.05, 0.1) is 0 Å². The van der Waals surface area contributed by atoms with E-state index in [9.17, 15) is 4.79 Å². The number of hydrogen-bond donors (Lipinski definition) is 2. The van der Waals surface area contributed by atoms with Gasteiger partial charge in [0.1, 0.15) is 6.04 Å². The maximum absolute atomic E-state index is 11.9. The molecule has 96 valence electrons. The van der Waals surface area contributed by atoms with Crippen LogP contribution < -0.4 is 11.1 Å². The Morgan fingerprint density at radius 1 is 1.28 bits per heavy atom. The second-order valence-corrected chi connectivity index (χ2v) is 4.71. The number of nitrogens with two attached hydrogens (primary N) is 1. The van der Waals surface area contributed by atoms with E-state index >= 15 is 0 Å². The van der Waals surface area contributed by atoms with Gasteiger partial charge in [-0.1, -0.05) is 42.0 Å². The van der Waals surface area contributed by atoms with Crippen molar-refractivity contribution >= 4 is 5.91 Å². The largest absolute Gasteiger partial charge is 0.351 e. The van der Waals surface area contributed by atoms with Crippen molar-refractivity contribution in [3.8, 4) is 0 Å². The summed E-state index contributed by atoms with van der Waals surface area (Å²) in [6.07, 6.45) is 6.96. The Bertz CT molecular complexity index is 425. The van der Waals surface area contributed by atoms with Gasteiger partial charge in [0, 0.05) is 6.54 Å². The smallest absolute Gasteiger partial charge is 0.241 e. The number of amides is 1. The molecule has 0 saturated heterocycles. The summed E-state index contributed by atoms with van der Waals surface area (Å²) < 4.78 is 0. The molecule has 1 amide bonds. The minimum Gasteiger partial charge on any atom is -0.351 e. The van der Waals surface area contributed by atoms with Gasteiger partial charge >= 0.3 is 0 Å². The van der Waals surface area contributed by atoms with Crippen molar-refractivity contribution in [2.24, 2.45) is 5.73 Å². The topological polar surface area (TPSA) is 55.1 Å². The molecule has 1 aliphatic rings. The molecule has 0 spiro atoms. The monoisotopic (exact) mass is 244 g/mol. The molecule has 0 unspecified atom stereocenters. The second-order valence-electron chi connectivity index (χ2n) is 4.71. The third-order valence-electron chi connectivity index (χ3n) is 3.32. The fourth-order valence-electron chi connectivity index (χ4n) is 2.19. The zero-order valence-electron chi connectivity index (χ0n) is 10.6. The third kappa shape index (κ3) is 3.44. The van der Waals surface area contributed by atoms with Gasteiger partial charge in [-0.15, -0.1) is 0 Å². The first-order chi connectivity index (χ1) is 8.77. The van der Waals surface area contributed by atoms with Crippen LogP contribution in [0.15, 0.2) is 42.0 Å². The Balaban J connectivity index is 1.86. The molecule has 1 aliphatic carbocycles. The lowest BCUT2D eigenvalue weighted by Gasteiger charge is -2.16. The summed E-state index contributed by atoms with van der Waals surface area (Å²) in [5.74, 6) is -0.104. The van der Waals surface area contributed by atoms with E-state index in [1.807, 2.05) is 30.3 Å². The van der Waals surface area contributed by atoms with Crippen LogP contribution in [0.3, 0.4) is 0 Å². The summed E-state index contributed by atoms with van der Waals surface area (Å²) in [4.78, 5) is 11.9. The fraction of sp³-hybridized carbons (Fsp3) is 0.400. The van der Waals surface area contributed by atoms with Gasteiger partial charge in [-0.25, -0.2) is 0 Å². The minimum atomic E-state index is -0.574. The highest BCUT2D eigenvalue weighted by atomic mass is 16.2. The molecule has 1 aromatic rings. The van der Waals surface area contributed by atoms with E-state index in [-0.39, 0.29) is 5.91 Å². The summed E-state index contributed by atoms with van der Waals surface area (Å²) in [5, 5.41) is 2.92. The standard InChI is InChI=1S/C15H20N2O/c16-14(13-9-5-2-6-10-13)15(18)17-11-12-7-3-1-4-8-12/h2,5-7,9-10,14H,1,3-4,8,11,16H2,(H,17,18)/t14-/m1/s1. The molecule has 0 heterocycles. The molecule has 3 heteroatoms. The van der Waals surface area contributed by atoms with Crippen LogP contribution in [0.25, 0.3) is 0 Å². The van der Waals surface area contributed by atoms with Gasteiger partial charge < -0.3 is 11.1 Å². The van der Waals surface area contributed by atoms with Crippen LogP contribution in [-0.2, 0) is 4.79 Å². The summed E-state index contributed by atoms with van der Waals surface area (Å²) in [6, 6.07) is 8.89. The predicted molar refractivity (Wildman–Crippen MR) is 72.9 cm³/mol. The van der Waals surface area contributed by atoms with E-state index in [0.29, 0.717) is 6.54 Å². The predicted octanol–water partition coefficient (Wildman–Crippen LogP) is 2.30. The van der Waals surface area contributed by atoms with Crippen molar-refractivity contribution in [1.82, 2.24) is 5.32 Å². The lowest BCUT2D eigenvalue weighted by atomic mass is 9.99. The number of benzene rings is 1. The molecule has 3 nitrogen and oxygen atoms in total. The fourth-order valence-corrected chi connectivity index (χ4v) is 2.19. The molecule has 0 aliphatic heterocycles. The number of nitrogens with one attached hydrogen (secondary N) is 1. The van der Waals surface area contributed by atoms with Crippen molar-refractivity contribution in [1.29, 1.82) is 0 Å². The van der Waals surface area contributed by atoms with Gasteiger partial charge in [-0.3, -0.25) is 4.79 Å². The minimum absolute atomic E-state index is 0.104. The Morgan fingerprint density at radius 2 is 2.06 bits per heavy atom. The quantitative estimate of drug-likeness (QED) is 0.798. The Hall–Kier alpha value is -1.61. The number of carbonyl (C=O) groups excluding carboxylic acids is 1. The average Bonchev–Trinajstić information content (AvgIpc) is 2.46. The van der Waals surface area contributed by atoms with Crippen LogP contribution in [0.4, 0.5) is 0 Å². The van der Waals surface area contributed by atoms with Crippen molar-refractivity contribution in [2.45, 2.75) is 31.7 Å². The summed E-state index contributed by atoms with van der Waals surface area (Å²) in [6.45, 7) is 0.638. The lowest BCUT2D eigenvalue weighted by molar-refractivity contribution is -0.122. The van der Waals surface area contributed by atoms with Crippen molar-refractivity contribution in [2.75, 3.05) is 6.54 Å².